The monoisotopic (exact) mass is 493 g/mol. The SMILES string of the molecule is CC1=C(C(=O)OC(C)C)[C@@H](c2ccc(C(C)C)cc2)N2C(CC(=O)NCc3ccco3)=CSC2=N1. The Hall–Kier alpha value is -3.26. The van der Waals surface area contributed by atoms with Gasteiger partial charge in [0.2, 0.25) is 5.91 Å². The number of esters is 1. The van der Waals surface area contributed by atoms with Crippen LogP contribution in [0.4, 0.5) is 0 Å². The Labute approximate surface area is 210 Å². The van der Waals surface area contributed by atoms with Gasteiger partial charge in [0.25, 0.3) is 0 Å². The molecule has 0 spiro atoms. The zero-order valence-corrected chi connectivity index (χ0v) is 21.5. The zero-order valence-electron chi connectivity index (χ0n) is 20.7. The lowest BCUT2D eigenvalue weighted by Gasteiger charge is -2.36. The predicted molar refractivity (Wildman–Crippen MR) is 137 cm³/mol. The first-order valence-electron chi connectivity index (χ1n) is 11.8. The smallest absolute Gasteiger partial charge is 0.338 e. The Morgan fingerprint density at radius 2 is 1.91 bits per heavy atom. The molecule has 1 N–H and O–H groups in total. The Morgan fingerprint density at radius 3 is 2.54 bits per heavy atom. The second-order valence-electron chi connectivity index (χ2n) is 9.20. The van der Waals surface area contributed by atoms with E-state index in [-0.39, 0.29) is 18.4 Å². The molecule has 8 heteroatoms. The molecule has 35 heavy (non-hydrogen) atoms. The van der Waals surface area contributed by atoms with Crippen molar-refractivity contribution in [2.75, 3.05) is 0 Å². The summed E-state index contributed by atoms with van der Waals surface area (Å²) in [5, 5.41) is 5.58. The van der Waals surface area contributed by atoms with Gasteiger partial charge in [0, 0.05) is 5.70 Å². The van der Waals surface area contributed by atoms with Gasteiger partial charge >= 0.3 is 5.97 Å². The van der Waals surface area contributed by atoms with Crippen molar-refractivity contribution >= 4 is 28.8 Å². The van der Waals surface area contributed by atoms with E-state index in [0.717, 1.165) is 16.4 Å². The van der Waals surface area contributed by atoms with Crippen molar-refractivity contribution in [3.63, 3.8) is 0 Å². The molecule has 0 fully saturated rings. The molecule has 0 aliphatic carbocycles. The minimum absolute atomic E-state index is 0.138. The molecule has 2 aromatic rings. The standard InChI is InChI=1S/C27H31N3O4S/c1-16(2)19-8-10-20(11-9-19)25-24(26(32)34-17(3)4)18(5)29-27-30(25)21(15-35-27)13-23(31)28-14-22-7-6-12-33-22/h6-12,15-17,25H,13-14H2,1-5H3,(H,28,31)/t25-/m1/s1. The molecule has 0 saturated carbocycles. The molecule has 1 atom stereocenters. The highest BCUT2D eigenvalue weighted by Gasteiger charge is 2.41. The summed E-state index contributed by atoms with van der Waals surface area (Å²) >= 11 is 1.46. The Morgan fingerprint density at radius 1 is 1.17 bits per heavy atom. The number of nitrogens with one attached hydrogen (secondary N) is 1. The number of carbonyl (C=O) groups is 2. The summed E-state index contributed by atoms with van der Waals surface area (Å²) in [5.41, 5.74) is 4.06. The van der Waals surface area contributed by atoms with Gasteiger partial charge in [0.1, 0.15) is 5.76 Å². The van der Waals surface area contributed by atoms with Gasteiger partial charge in [-0.25, -0.2) is 9.79 Å². The number of carbonyl (C=O) groups excluding carboxylic acids is 2. The lowest BCUT2D eigenvalue weighted by molar-refractivity contribution is -0.143. The molecule has 2 aliphatic heterocycles. The third-order valence-electron chi connectivity index (χ3n) is 5.86. The first-order valence-corrected chi connectivity index (χ1v) is 12.7. The number of thioether (sulfide) groups is 1. The van der Waals surface area contributed by atoms with Crippen LogP contribution in [0.3, 0.4) is 0 Å². The van der Waals surface area contributed by atoms with E-state index >= 15 is 0 Å². The van der Waals surface area contributed by atoms with Crippen LogP contribution in [-0.4, -0.2) is 28.0 Å². The number of rotatable bonds is 8. The zero-order chi connectivity index (χ0) is 25.1. The molecule has 2 aliphatic rings. The van der Waals surface area contributed by atoms with Crippen LogP contribution in [0.2, 0.25) is 0 Å². The van der Waals surface area contributed by atoms with Gasteiger partial charge in [0.15, 0.2) is 5.17 Å². The number of furan rings is 1. The van der Waals surface area contributed by atoms with E-state index in [1.54, 1.807) is 12.3 Å². The fourth-order valence-corrected chi connectivity index (χ4v) is 5.08. The average molecular weight is 494 g/mol. The summed E-state index contributed by atoms with van der Waals surface area (Å²) < 4.78 is 10.9. The van der Waals surface area contributed by atoms with Gasteiger partial charge in [0.05, 0.1) is 42.6 Å². The van der Waals surface area contributed by atoms with Crippen LogP contribution >= 0.6 is 11.8 Å². The van der Waals surface area contributed by atoms with Crippen molar-refractivity contribution in [1.82, 2.24) is 10.2 Å². The van der Waals surface area contributed by atoms with Crippen molar-refractivity contribution in [3.05, 3.63) is 81.9 Å². The summed E-state index contributed by atoms with van der Waals surface area (Å²) in [5.74, 6) is 0.553. The maximum atomic E-state index is 13.2. The van der Waals surface area contributed by atoms with Gasteiger partial charge in [-0.2, -0.15) is 0 Å². The van der Waals surface area contributed by atoms with Crippen molar-refractivity contribution in [2.24, 2.45) is 4.99 Å². The lowest BCUT2D eigenvalue weighted by atomic mass is 9.92. The van der Waals surface area contributed by atoms with Gasteiger partial charge in [-0.05, 0) is 55.4 Å². The second-order valence-corrected chi connectivity index (χ2v) is 10.0. The van der Waals surface area contributed by atoms with Gasteiger partial charge in [-0.1, -0.05) is 49.9 Å². The van der Waals surface area contributed by atoms with Crippen LogP contribution in [0, 0.1) is 0 Å². The molecule has 7 nitrogen and oxygen atoms in total. The minimum atomic E-state index is -0.436. The van der Waals surface area contributed by atoms with Gasteiger partial charge in [-0.15, -0.1) is 0 Å². The third-order valence-corrected chi connectivity index (χ3v) is 6.75. The largest absolute Gasteiger partial charge is 0.467 e. The van der Waals surface area contributed by atoms with Crippen LogP contribution in [0.15, 0.2) is 74.4 Å². The maximum absolute atomic E-state index is 13.2. The number of allylic oxidation sites excluding steroid dienone is 1. The fraction of sp³-hybridized carbons (Fsp3) is 0.370. The molecular formula is C27H31N3O4S. The number of benzene rings is 1. The first-order chi connectivity index (χ1) is 16.7. The molecule has 0 bridgehead atoms. The fourth-order valence-electron chi connectivity index (χ4n) is 4.11. The molecular weight excluding hydrogens is 462 g/mol. The highest BCUT2D eigenvalue weighted by molar-refractivity contribution is 8.16. The number of amides is 1. The maximum Gasteiger partial charge on any atom is 0.338 e. The molecule has 1 aromatic heterocycles. The van der Waals surface area contributed by atoms with Crippen LogP contribution in [0.5, 0.6) is 0 Å². The van der Waals surface area contributed by atoms with E-state index in [4.69, 9.17) is 14.1 Å². The number of hydrogen-bond donors (Lipinski definition) is 1. The van der Waals surface area contributed by atoms with Crippen LogP contribution in [-0.2, 0) is 20.9 Å². The number of amidine groups is 1. The summed E-state index contributed by atoms with van der Waals surface area (Å²) in [7, 11) is 0. The predicted octanol–water partition coefficient (Wildman–Crippen LogP) is 5.64. The quantitative estimate of drug-likeness (QED) is 0.480. The summed E-state index contributed by atoms with van der Waals surface area (Å²) in [6.45, 7) is 10.1. The number of fused-ring (bicyclic) bond motifs is 1. The van der Waals surface area contributed by atoms with Crippen LogP contribution in [0.1, 0.15) is 69.9 Å². The summed E-state index contributed by atoms with van der Waals surface area (Å²) in [6, 6.07) is 11.5. The van der Waals surface area contributed by atoms with Crippen molar-refractivity contribution in [3.8, 4) is 0 Å². The van der Waals surface area contributed by atoms with E-state index in [1.807, 2.05) is 37.1 Å². The van der Waals surface area contributed by atoms with E-state index in [1.165, 1.54) is 17.3 Å². The molecule has 0 radical (unpaired) electrons. The van der Waals surface area contributed by atoms with Crippen molar-refractivity contribution in [2.45, 2.75) is 65.6 Å². The molecule has 0 unspecified atom stereocenters. The van der Waals surface area contributed by atoms with E-state index in [2.05, 4.69) is 43.4 Å². The first kappa shape index (κ1) is 24.9. The Bertz CT molecular complexity index is 1180. The number of ether oxygens (including phenoxy) is 1. The van der Waals surface area contributed by atoms with E-state index < -0.39 is 12.0 Å². The van der Waals surface area contributed by atoms with E-state index in [0.29, 0.717) is 29.5 Å². The van der Waals surface area contributed by atoms with Crippen LogP contribution in [0.25, 0.3) is 0 Å². The Balaban J connectivity index is 1.64. The Kier molecular flexibility index (Phi) is 7.50. The number of nitrogens with zero attached hydrogens (tertiary/aromatic N) is 2. The molecule has 1 aromatic carbocycles. The third kappa shape index (κ3) is 5.53. The van der Waals surface area contributed by atoms with Crippen molar-refractivity contribution in [1.29, 1.82) is 0 Å². The molecule has 0 saturated heterocycles. The summed E-state index contributed by atoms with van der Waals surface area (Å²) in [4.78, 5) is 32.7. The summed E-state index contributed by atoms with van der Waals surface area (Å²) in [6.07, 6.45) is 1.47. The molecule has 1 amide bonds. The number of hydrogen-bond acceptors (Lipinski definition) is 7. The molecule has 184 valence electrons. The van der Waals surface area contributed by atoms with Crippen LogP contribution < -0.4 is 5.32 Å². The molecule has 4 rings (SSSR count). The normalized spacial score (nSPS) is 17.5. The lowest BCUT2D eigenvalue weighted by Crippen LogP contribution is -2.38. The average Bonchev–Trinajstić information content (AvgIpc) is 3.46. The van der Waals surface area contributed by atoms with Gasteiger partial charge < -0.3 is 19.4 Å². The second kappa shape index (κ2) is 10.6. The highest BCUT2D eigenvalue weighted by atomic mass is 32.2. The van der Waals surface area contributed by atoms with Gasteiger partial charge in [-0.3, -0.25) is 4.79 Å². The minimum Gasteiger partial charge on any atom is -0.467 e. The highest BCUT2D eigenvalue weighted by Crippen LogP contribution is 2.45. The number of aliphatic imine (C=N–C) groups is 1. The van der Waals surface area contributed by atoms with E-state index in [9.17, 15) is 9.59 Å². The molecule has 3 heterocycles. The van der Waals surface area contributed by atoms with Crippen molar-refractivity contribution < 1.29 is 18.7 Å². The topological polar surface area (TPSA) is 84.1 Å².